The first-order valence-corrected chi connectivity index (χ1v) is 9.27. The molecule has 0 aliphatic carbocycles. The fourth-order valence-corrected chi connectivity index (χ4v) is 2.22. The molecule has 0 fully saturated rings. The summed E-state index contributed by atoms with van der Waals surface area (Å²) in [6, 6.07) is 0. The van der Waals surface area contributed by atoms with Crippen LogP contribution in [0.1, 0.15) is 13.3 Å². The molecule has 226 valence electrons. The molecule has 0 aromatic carbocycles. The van der Waals surface area contributed by atoms with Gasteiger partial charge in [0.15, 0.2) is 0 Å². The quantitative estimate of drug-likeness (QED) is 0.116. The van der Waals surface area contributed by atoms with E-state index in [1.165, 1.54) is 6.92 Å². The molecular formula is C17H15F17O4. The van der Waals surface area contributed by atoms with Crippen molar-refractivity contribution in [2.75, 3.05) is 19.8 Å². The highest BCUT2D eigenvalue weighted by atomic mass is 19.4. The van der Waals surface area contributed by atoms with Gasteiger partial charge in [-0.2, -0.15) is 74.6 Å². The first-order chi connectivity index (χ1) is 16.5. The first-order valence-electron chi connectivity index (χ1n) is 9.27. The first kappa shape index (κ1) is 35.9. The van der Waals surface area contributed by atoms with Crippen LogP contribution in [-0.2, 0) is 14.3 Å². The van der Waals surface area contributed by atoms with E-state index in [0.29, 0.717) is 0 Å². The fraction of sp³-hybridized carbons (Fsp3) is 0.824. The summed E-state index contributed by atoms with van der Waals surface area (Å²) in [4.78, 5) is 11.0. The molecule has 0 aliphatic rings. The predicted molar refractivity (Wildman–Crippen MR) is 87.9 cm³/mol. The Kier molecular flexibility index (Phi) is 10.3. The van der Waals surface area contributed by atoms with Crippen molar-refractivity contribution in [3.05, 3.63) is 12.2 Å². The van der Waals surface area contributed by atoms with Gasteiger partial charge in [-0.1, -0.05) is 6.58 Å². The summed E-state index contributed by atoms with van der Waals surface area (Å²) in [5, 5.41) is 9.21. The largest absolute Gasteiger partial charge is 0.460 e. The number of hydrogen-bond acceptors (Lipinski definition) is 4. The molecule has 0 saturated carbocycles. The highest BCUT2D eigenvalue weighted by Crippen LogP contribution is 2.64. The van der Waals surface area contributed by atoms with Gasteiger partial charge in [-0.05, 0) is 6.92 Å². The van der Waals surface area contributed by atoms with E-state index in [1.807, 2.05) is 0 Å². The van der Waals surface area contributed by atoms with Crippen molar-refractivity contribution in [2.45, 2.75) is 67.1 Å². The van der Waals surface area contributed by atoms with Crippen LogP contribution in [0.4, 0.5) is 74.6 Å². The van der Waals surface area contributed by atoms with E-state index in [0.717, 1.165) is 0 Å². The number of halogens is 17. The van der Waals surface area contributed by atoms with Crippen molar-refractivity contribution in [1.82, 2.24) is 0 Å². The number of aliphatic hydroxyl groups excluding tert-OH is 1. The van der Waals surface area contributed by atoms with Crippen molar-refractivity contribution in [3.63, 3.8) is 0 Å². The van der Waals surface area contributed by atoms with Gasteiger partial charge in [-0.25, -0.2) is 4.79 Å². The Hall–Kier alpha value is -2.06. The van der Waals surface area contributed by atoms with E-state index in [-0.39, 0.29) is 5.57 Å². The number of rotatable bonds is 14. The maximum absolute atomic E-state index is 13.7. The molecule has 0 rings (SSSR count). The fourth-order valence-electron chi connectivity index (χ4n) is 2.22. The van der Waals surface area contributed by atoms with Crippen molar-refractivity contribution in [1.29, 1.82) is 0 Å². The molecule has 0 bridgehead atoms. The number of carbonyl (C=O) groups is 1. The zero-order chi connectivity index (χ0) is 31.0. The molecule has 0 amide bonds. The lowest BCUT2D eigenvalue weighted by atomic mass is 9.88. The molecule has 4 nitrogen and oxygen atoms in total. The Morgan fingerprint density at radius 2 is 1.05 bits per heavy atom. The monoisotopic (exact) mass is 606 g/mol. The summed E-state index contributed by atoms with van der Waals surface area (Å²) in [5.74, 6) is -58.3. The Morgan fingerprint density at radius 1 is 0.684 bits per heavy atom. The van der Waals surface area contributed by atoms with Crippen LogP contribution < -0.4 is 0 Å². The predicted octanol–water partition coefficient (Wildman–Crippen LogP) is 5.88. The Bertz CT molecular complexity index is 850. The van der Waals surface area contributed by atoms with Crippen molar-refractivity contribution >= 4 is 5.97 Å². The number of aliphatic hydroxyl groups is 1. The minimum Gasteiger partial charge on any atom is -0.460 e. The van der Waals surface area contributed by atoms with Gasteiger partial charge in [0.1, 0.15) is 6.61 Å². The summed E-state index contributed by atoms with van der Waals surface area (Å²) in [6.07, 6.45) is -13.9. The Labute approximate surface area is 200 Å². The Balaban J connectivity index is 5.91. The molecule has 0 saturated heterocycles. The molecule has 0 heterocycles. The van der Waals surface area contributed by atoms with Crippen LogP contribution >= 0.6 is 0 Å². The van der Waals surface area contributed by atoms with E-state index >= 15 is 0 Å². The van der Waals surface area contributed by atoms with Crippen molar-refractivity contribution in [2.24, 2.45) is 0 Å². The molecule has 21 heteroatoms. The standard InChI is InChI=1S/C17H15F17O4/c1-7(2)9(36)38-4-3-37-6-8(35)5-10(18,19)11(20,21)12(22,23)13(24,25)14(26,27)15(28,29)16(30,31)17(32,33)34/h8,35H,1,3-6H2,2H3. The van der Waals surface area contributed by atoms with Gasteiger partial charge in [0.2, 0.25) is 0 Å². The number of ether oxygens (including phenoxy) is 2. The second-order valence-electron chi connectivity index (χ2n) is 7.50. The molecule has 0 aromatic rings. The van der Waals surface area contributed by atoms with E-state index in [1.54, 1.807) is 0 Å². The third-order valence-electron chi connectivity index (χ3n) is 4.40. The molecule has 1 atom stereocenters. The van der Waals surface area contributed by atoms with E-state index in [9.17, 15) is 84.5 Å². The molecule has 0 aromatic heterocycles. The summed E-state index contributed by atoms with van der Waals surface area (Å²) in [5.41, 5.74) is -0.143. The van der Waals surface area contributed by atoms with Crippen LogP contribution in [0, 0.1) is 0 Å². The lowest BCUT2D eigenvalue weighted by Gasteiger charge is -2.43. The Morgan fingerprint density at radius 3 is 1.42 bits per heavy atom. The van der Waals surface area contributed by atoms with Crippen LogP contribution in [-0.4, -0.2) is 84.6 Å². The number of carbonyl (C=O) groups excluding carboxylic acids is 1. The SMILES string of the molecule is C=C(C)C(=O)OCCOCC(O)CC(F)(F)C(F)(F)C(F)(F)C(F)(F)C(F)(F)C(F)(F)C(F)(F)C(F)(F)F. The van der Waals surface area contributed by atoms with Gasteiger partial charge in [-0.3, -0.25) is 0 Å². The van der Waals surface area contributed by atoms with Crippen molar-refractivity contribution < 1.29 is 94.0 Å². The zero-order valence-corrected chi connectivity index (χ0v) is 18.2. The summed E-state index contributed by atoms with van der Waals surface area (Å²) in [6.45, 7) is 1.30. The van der Waals surface area contributed by atoms with E-state index < -0.39 is 85.9 Å². The summed E-state index contributed by atoms with van der Waals surface area (Å²) < 4.78 is 232. The van der Waals surface area contributed by atoms with Crippen LogP contribution in [0.15, 0.2) is 12.2 Å². The number of esters is 1. The van der Waals surface area contributed by atoms with Gasteiger partial charge < -0.3 is 14.6 Å². The van der Waals surface area contributed by atoms with Gasteiger partial charge in [0.05, 0.1) is 19.3 Å². The highest BCUT2D eigenvalue weighted by molar-refractivity contribution is 5.86. The molecule has 0 radical (unpaired) electrons. The molecule has 1 N–H and O–H groups in total. The van der Waals surface area contributed by atoms with Crippen LogP contribution in [0.25, 0.3) is 0 Å². The number of alkyl halides is 17. The summed E-state index contributed by atoms with van der Waals surface area (Å²) >= 11 is 0. The zero-order valence-electron chi connectivity index (χ0n) is 18.2. The van der Waals surface area contributed by atoms with Crippen LogP contribution in [0.5, 0.6) is 0 Å². The summed E-state index contributed by atoms with van der Waals surface area (Å²) in [7, 11) is 0. The highest BCUT2D eigenvalue weighted by Gasteiger charge is 2.95. The minimum atomic E-state index is -8.72. The third kappa shape index (κ3) is 6.06. The topological polar surface area (TPSA) is 55.8 Å². The average molecular weight is 606 g/mol. The molecule has 0 spiro atoms. The molecule has 0 aliphatic heterocycles. The maximum atomic E-state index is 13.7. The molecule has 38 heavy (non-hydrogen) atoms. The van der Waals surface area contributed by atoms with Crippen LogP contribution in [0.2, 0.25) is 0 Å². The van der Waals surface area contributed by atoms with E-state index in [2.05, 4.69) is 16.1 Å². The van der Waals surface area contributed by atoms with Crippen LogP contribution in [0.3, 0.4) is 0 Å². The smallest absolute Gasteiger partial charge is 0.460 e. The van der Waals surface area contributed by atoms with Gasteiger partial charge >= 0.3 is 53.6 Å². The minimum absolute atomic E-state index is 0.143. The lowest BCUT2D eigenvalue weighted by Crippen LogP contribution is -2.74. The average Bonchev–Trinajstić information content (AvgIpc) is 2.71. The van der Waals surface area contributed by atoms with Gasteiger partial charge in [0.25, 0.3) is 0 Å². The van der Waals surface area contributed by atoms with Gasteiger partial charge in [0, 0.05) is 12.0 Å². The molecular weight excluding hydrogens is 591 g/mol. The normalized spacial score (nSPS) is 15.9. The maximum Gasteiger partial charge on any atom is 0.460 e. The number of hydrogen-bond donors (Lipinski definition) is 1. The molecule has 1 unspecified atom stereocenters. The third-order valence-corrected chi connectivity index (χ3v) is 4.40. The second-order valence-corrected chi connectivity index (χ2v) is 7.50. The van der Waals surface area contributed by atoms with Gasteiger partial charge in [-0.15, -0.1) is 0 Å². The van der Waals surface area contributed by atoms with E-state index in [4.69, 9.17) is 0 Å². The second kappa shape index (κ2) is 10.8. The van der Waals surface area contributed by atoms with Crippen molar-refractivity contribution in [3.8, 4) is 0 Å². The lowest BCUT2D eigenvalue weighted by molar-refractivity contribution is -0.462.